The maximum absolute atomic E-state index is 4.22. The molecule has 10 heavy (non-hydrogen) atoms. The Kier molecular flexibility index (Phi) is 2.75. The number of nitrogens with one attached hydrogen (secondary N) is 1. The molecule has 0 unspecified atom stereocenters. The van der Waals surface area contributed by atoms with Gasteiger partial charge in [-0.3, -0.25) is 5.10 Å². The van der Waals surface area contributed by atoms with Crippen LogP contribution < -0.4 is 0 Å². The van der Waals surface area contributed by atoms with Crippen molar-refractivity contribution in [2.45, 2.75) is 0 Å². The van der Waals surface area contributed by atoms with E-state index in [0.717, 1.165) is 0 Å². The van der Waals surface area contributed by atoms with E-state index in [2.05, 4.69) is 24.9 Å². The average Bonchev–Trinajstić information content (AvgIpc) is 2.67. The van der Waals surface area contributed by atoms with Crippen molar-refractivity contribution >= 4 is 0 Å². The zero-order chi connectivity index (χ0) is 7.07. The van der Waals surface area contributed by atoms with Gasteiger partial charge in [-0.1, -0.05) is 5.16 Å². The maximum atomic E-state index is 4.22. The number of nitrogens with zero attached hydrogens (tertiary/aromatic N) is 3. The van der Waals surface area contributed by atoms with Gasteiger partial charge in [0.2, 0.25) is 6.39 Å². The molecule has 2 heterocycles. The molecule has 0 spiro atoms. The third-order valence-corrected chi connectivity index (χ3v) is 0.689. The molecule has 2 aromatic heterocycles. The van der Waals surface area contributed by atoms with Crippen molar-refractivity contribution in [3.05, 3.63) is 31.2 Å². The van der Waals surface area contributed by atoms with Gasteiger partial charge in [-0.15, -0.1) is 0 Å². The summed E-state index contributed by atoms with van der Waals surface area (Å²) in [6.45, 7) is 0. The van der Waals surface area contributed by atoms with E-state index >= 15 is 0 Å². The summed E-state index contributed by atoms with van der Waals surface area (Å²) in [5, 5.41) is 9.44. The van der Waals surface area contributed by atoms with E-state index in [9.17, 15) is 0 Å². The molecule has 0 aliphatic rings. The van der Waals surface area contributed by atoms with E-state index in [-0.39, 0.29) is 0 Å². The number of aromatic amines is 1. The van der Waals surface area contributed by atoms with E-state index < -0.39 is 0 Å². The highest BCUT2D eigenvalue weighted by Crippen LogP contribution is 1.64. The van der Waals surface area contributed by atoms with E-state index in [4.69, 9.17) is 0 Å². The quantitative estimate of drug-likeness (QED) is 0.574. The van der Waals surface area contributed by atoms with Crippen molar-refractivity contribution in [3.63, 3.8) is 0 Å². The first-order chi connectivity index (χ1) is 5.00. The second-order valence-electron chi connectivity index (χ2n) is 1.35. The van der Waals surface area contributed by atoms with Crippen LogP contribution in [0, 0.1) is 0 Å². The Hall–Kier alpha value is -1.65. The van der Waals surface area contributed by atoms with Crippen LogP contribution in [0.15, 0.2) is 35.7 Å². The van der Waals surface area contributed by atoms with Gasteiger partial charge < -0.3 is 4.52 Å². The monoisotopic (exact) mass is 138 g/mol. The Bertz CT molecular complexity index is 153. The summed E-state index contributed by atoms with van der Waals surface area (Å²) in [5.41, 5.74) is 0. The molecule has 5 nitrogen and oxygen atoms in total. The van der Waals surface area contributed by atoms with Crippen LogP contribution in [0.25, 0.3) is 0 Å². The summed E-state index contributed by atoms with van der Waals surface area (Å²) in [7, 11) is 0. The van der Waals surface area contributed by atoms with E-state index in [1.807, 2.05) is 6.07 Å². The molecule has 0 aliphatic heterocycles. The van der Waals surface area contributed by atoms with Crippen LogP contribution in [0.4, 0.5) is 0 Å². The van der Waals surface area contributed by atoms with E-state index in [0.29, 0.717) is 0 Å². The third kappa shape index (κ3) is 2.61. The molecule has 5 heteroatoms. The number of aromatic nitrogens is 4. The smallest absolute Gasteiger partial charge is 0.213 e. The van der Waals surface area contributed by atoms with Gasteiger partial charge >= 0.3 is 0 Å². The fourth-order valence-electron chi connectivity index (χ4n) is 0.351. The Morgan fingerprint density at radius 3 is 2.60 bits per heavy atom. The summed E-state index contributed by atoms with van der Waals surface area (Å²) in [6.07, 6.45) is 6.06. The molecule has 0 radical (unpaired) electrons. The number of hydrogen-bond donors (Lipinski definition) is 1. The minimum atomic E-state index is 1.26. The second-order valence-corrected chi connectivity index (χ2v) is 1.35. The lowest BCUT2D eigenvalue weighted by Crippen LogP contribution is -1.53. The van der Waals surface area contributed by atoms with E-state index in [1.54, 1.807) is 12.4 Å². The zero-order valence-corrected chi connectivity index (χ0v) is 5.14. The maximum Gasteiger partial charge on any atom is 0.213 e. The first-order valence-corrected chi connectivity index (χ1v) is 2.63. The topological polar surface area (TPSA) is 67.6 Å². The highest BCUT2D eigenvalue weighted by molar-refractivity contribution is 4.72. The fourth-order valence-corrected chi connectivity index (χ4v) is 0.351. The second kappa shape index (κ2) is 4.25. The number of H-pyrrole nitrogens is 1. The van der Waals surface area contributed by atoms with Crippen LogP contribution in [0.3, 0.4) is 0 Å². The SMILES string of the molecule is c1cn[nH]c1.c1ncon1. The van der Waals surface area contributed by atoms with Gasteiger partial charge in [-0.2, -0.15) is 5.10 Å². The molecule has 2 aromatic rings. The number of rotatable bonds is 0. The summed E-state index contributed by atoms with van der Waals surface area (Å²) in [4.78, 5) is 3.44. The van der Waals surface area contributed by atoms with Crippen molar-refractivity contribution in [2.24, 2.45) is 0 Å². The fraction of sp³-hybridized carbons (Fsp3) is 0. The van der Waals surface area contributed by atoms with Gasteiger partial charge in [0.05, 0.1) is 0 Å². The molecule has 0 bridgehead atoms. The molecule has 0 saturated heterocycles. The summed E-state index contributed by atoms with van der Waals surface area (Å²) in [6, 6.07) is 1.83. The Labute approximate surface area is 57.1 Å². The van der Waals surface area contributed by atoms with Crippen LogP contribution in [0.2, 0.25) is 0 Å². The van der Waals surface area contributed by atoms with Crippen molar-refractivity contribution in [1.82, 2.24) is 20.3 Å². The Morgan fingerprint density at radius 2 is 2.40 bits per heavy atom. The molecular formula is C5H6N4O. The Morgan fingerprint density at radius 1 is 1.40 bits per heavy atom. The van der Waals surface area contributed by atoms with Crippen LogP contribution >= 0.6 is 0 Å². The molecule has 0 fully saturated rings. The van der Waals surface area contributed by atoms with Gasteiger partial charge in [-0.05, 0) is 6.07 Å². The van der Waals surface area contributed by atoms with Crippen LogP contribution in [-0.4, -0.2) is 20.3 Å². The minimum absolute atomic E-state index is 1.26. The van der Waals surface area contributed by atoms with Gasteiger partial charge in [0.1, 0.15) is 0 Å². The highest BCUT2D eigenvalue weighted by Gasteiger charge is 1.60. The summed E-state index contributed by atoms with van der Waals surface area (Å²) >= 11 is 0. The normalized spacial score (nSPS) is 8.00. The largest absolute Gasteiger partial charge is 0.343 e. The lowest BCUT2D eigenvalue weighted by Gasteiger charge is -1.49. The zero-order valence-electron chi connectivity index (χ0n) is 5.14. The van der Waals surface area contributed by atoms with Crippen molar-refractivity contribution < 1.29 is 4.52 Å². The first kappa shape index (κ1) is 6.47. The van der Waals surface area contributed by atoms with Crippen LogP contribution in [0.5, 0.6) is 0 Å². The van der Waals surface area contributed by atoms with Crippen LogP contribution in [-0.2, 0) is 0 Å². The van der Waals surface area contributed by atoms with Crippen molar-refractivity contribution in [1.29, 1.82) is 0 Å². The van der Waals surface area contributed by atoms with Gasteiger partial charge in [0, 0.05) is 12.4 Å². The minimum Gasteiger partial charge on any atom is -0.343 e. The summed E-state index contributed by atoms with van der Waals surface area (Å²) < 4.78 is 4.22. The predicted molar refractivity (Wildman–Crippen MR) is 32.9 cm³/mol. The molecular weight excluding hydrogens is 132 g/mol. The molecule has 1 N–H and O–H groups in total. The van der Waals surface area contributed by atoms with Gasteiger partial charge in [-0.25, -0.2) is 4.98 Å². The molecule has 2 rings (SSSR count). The van der Waals surface area contributed by atoms with Crippen LogP contribution in [0.1, 0.15) is 0 Å². The van der Waals surface area contributed by atoms with Gasteiger partial charge in [0.25, 0.3) is 0 Å². The lowest BCUT2D eigenvalue weighted by atomic mass is 10.8. The molecule has 0 atom stereocenters. The molecule has 0 amide bonds. The Balaban J connectivity index is 0.0000001000. The van der Waals surface area contributed by atoms with Crippen molar-refractivity contribution in [3.8, 4) is 0 Å². The standard InChI is InChI=1S/C3H4N2.C2H2N2O/c1-2-4-5-3-1;1-3-2-5-4-1/h1-3H,(H,4,5);1-2H. The highest BCUT2D eigenvalue weighted by atomic mass is 16.5. The lowest BCUT2D eigenvalue weighted by molar-refractivity contribution is 0.416. The molecule has 0 aliphatic carbocycles. The number of hydrogen-bond acceptors (Lipinski definition) is 4. The van der Waals surface area contributed by atoms with Gasteiger partial charge in [0.15, 0.2) is 6.33 Å². The van der Waals surface area contributed by atoms with Crippen molar-refractivity contribution in [2.75, 3.05) is 0 Å². The first-order valence-electron chi connectivity index (χ1n) is 2.63. The average molecular weight is 138 g/mol. The summed E-state index contributed by atoms with van der Waals surface area (Å²) in [5.74, 6) is 0. The molecule has 0 saturated carbocycles. The van der Waals surface area contributed by atoms with E-state index in [1.165, 1.54) is 12.7 Å². The predicted octanol–water partition coefficient (Wildman–Crippen LogP) is 0.479. The molecule has 52 valence electrons. The third-order valence-electron chi connectivity index (χ3n) is 0.689. The molecule has 0 aromatic carbocycles.